The van der Waals surface area contributed by atoms with Crippen LogP contribution in [0.2, 0.25) is 0 Å². The normalized spacial score (nSPS) is 20.8. The molecule has 1 unspecified atom stereocenters. The molecular formula is C14H23N3O2S. The Morgan fingerprint density at radius 2 is 2.35 bits per heavy atom. The molecule has 20 heavy (non-hydrogen) atoms. The van der Waals surface area contributed by atoms with E-state index in [1.54, 1.807) is 11.3 Å². The lowest BCUT2D eigenvalue weighted by molar-refractivity contribution is -0.139. The van der Waals surface area contributed by atoms with Gasteiger partial charge < -0.3 is 14.5 Å². The summed E-state index contributed by atoms with van der Waals surface area (Å²) >= 11 is 1.63. The van der Waals surface area contributed by atoms with Gasteiger partial charge in [-0.3, -0.25) is 4.79 Å². The van der Waals surface area contributed by atoms with E-state index in [4.69, 9.17) is 4.74 Å². The molecule has 2 rings (SSSR count). The number of methoxy groups -OCH3 is 1. The van der Waals surface area contributed by atoms with Gasteiger partial charge in [0.2, 0.25) is 0 Å². The van der Waals surface area contributed by atoms with Crippen LogP contribution in [0.3, 0.4) is 0 Å². The lowest BCUT2D eigenvalue weighted by atomic mass is 10.2. The smallest absolute Gasteiger partial charge is 0.311 e. The molecule has 0 aromatic carbocycles. The van der Waals surface area contributed by atoms with E-state index < -0.39 is 0 Å². The molecule has 1 aliphatic heterocycles. The fraction of sp³-hybridized carbons (Fsp3) is 0.714. The molecule has 1 aromatic heterocycles. The first-order chi connectivity index (χ1) is 9.63. The third-order valence-electron chi connectivity index (χ3n) is 3.71. The first-order valence-electron chi connectivity index (χ1n) is 7.10. The second-order valence-electron chi connectivity index (χ2n) is 5.25. The first kappa shape index (κ1) is 15.3. The van der Waals surface area contributed by atoms with E-state index in [9.17, 15) is 4.79 Å². The van der Waals surface area contributed by atoms with E-state index in [0.29, 0.717) is 6.04 Å². The first-order valence-corrected chi connectivity index (χ1v) is 7.98. The number of esters is 1. The Labute approximate surface area is 124 Å². The standard InChI is InChI=1S/C14H23N3O2S/c1-4-12-9-16(2)6-5-7-17(12)14-15-11(10-20-14)8-13(18)19-3/h10,12H,4-9H2,1-3H3. The van der Waals surface area contributed by atoms with Crippen LogP contribution in [0.15, 0.2) is 5.38 Å². The summed E-state index contributed by atoms with van der Waals surface area (Å²) in [5, 5.41) is 3.00. The van der Waals surface area contributed by atoms with Gasteiger partial charge in [-0.15, -0.1) is 11.3 Å². The molecule has 2 heterocycles. The fourth-order valence-electron chi connectivity index (χ4n) is 2.57. The van der Waals surface area contributed by atoms with Crippen molar-refractivity contribution in [3.05, 3.63) is 11.1 Å². The van der Waals surface area contributed by atoms with E-state index in [1.165, 1.54) is 7.11 Å². The molecular weight excluding hydrogens is 274 g/mol. The Bertz CT molecular complexity index is 449. The summed E-state index contributed by atoms with van der Waals surface area (Å²) in [6.45, 7) is 5.46. The van der Waals surface area contributed by atoms with E-state index in [1.807, 2.05) is 5.38 Å². The van der Waals surface area contributed by atoms with Crippen LogP contribution in [-0.4, -0.2) is 55.7 Å². The summed E-state index contributed by atoms with van der Waals surface area (Å²) in [6.07, 6.45) is 2.52. The van der Waals surface area contributed by atoms with Crippen LogP contribution in [0, 0.1) is 0 Å². The summed E-state index contributed by atoms with van der Waals surface area (Å²) in [6, 6.07) is 0.500. The highest BCUT2D eigenvalue weighted by molar-refractivity contribution is 7.13. The number of thiazole rings is 1. The zero-order valence-corrected chi connectivity index (χ0v) is 13.3. The molecule has 112 valence electrons. The van der Waals surface area contributed by atoms with Crippen LogP contribution in [0.1, 0.15) is 25.5 Å². The Balaban J connectivity index is 2.10. The zero-order chi connectivity index (χ0) is 14.5. The van der Waals surface area contributed by atoms with Gasteiger partial charge in [0.15, 0.2) is 5.13 Å². The van der Waals surface area contributed by atoms with Crippen molar-refractivity contribution in [1.82, 2.24) is 9.88 Å². The highest BCUT2D eigenvalue weighted by Crippen LogP contribution is 2.26. The van der Waals surface area contributed by atoms with Crippen LogP contribution in [0.5, 0.6) is 0 Å². The second kappa shape index (κ2) is 7.04. The summed E-state index contributed by atoms with van der Waals surface area (Å²) in [7, 11) is 3.59. The van der Waals surface area contributed by atoms with E-state index in [2.05, 4.69) is 28.8 Å². The predicted octanol–water partition coefficient (Wildman–Crippen LogP) is 1.78. The maximum atomic E-state index is 11.3. The van der Waals surface area contributed by atoms with Crippen LogP contribution < -0.4 is 4.90 Å². The van der Waals surface area contributed by atoms with Gasteiger partial charge in [-0.05, 0) is 26.4 Å². The van der Waals surface area contributed by atoms with E-state index >= 15 is 0 Å². The van der Waals surface area contributed by atoms with Crippen molar-refractivity contribution in [1.29, 1.82) is 0 Å². The lowest BCUT2D eigenvalue weighted by Crippen LogP contribution is -2.39. The van der Waals surface area contributed by atoms with Crippen LogP contribution in [0.4, 0.5) is 5.13 Å². The van der Waals surface area contributed by atoms with Crippen molar-refractivity contribution in [2.24, 2.45) is 0 Å². The average Bonchev–Trinajstić information content (AvgIpc) is 2.80. The van der Waals surface area contributed by atoms with Crippen molar-refractivity contribution in [2.45, 2.75) is 32.2 Å². The van der Waals surface area contributed by atoms with Gasteiger partial charge >= 0.3 is 5.97 Å². The third-order valence-corrected chi connectivity index (χ3v) is 4.64. The number of hydrogen-bond acceptors (Lipinski definition) is 6. The predicted molar refractivity (Wildman–Crippen MR) is 81.4 cm³/mol. The Morgan fingerprint density at radius 1 is 1.55 bits per heavy atom. The van der Waals surface area contributed by atoms with Crippen molar-refractivity contribution >= 4 is 22.4 Å². The molecule has 0 amide bonds. The number of likely N-dealkylation sites (N-methyl/N-ethyl adjacent to an activating group) is 1. The highest BCUT2D eigenvalue weighted by Gasteiger charge is 2.24. The zero-order valence-electron chi connectivity index (χ0n) is 12.5. The van der Waals surface area contributed by atoms with E-state index in [0.717, 1.165) is 43.3 Å². The average molecular weight is 297 g/mol. The highest BCUT2D eigenvalue weighted by atomic mass is 32.1. The Hall–Kier alpha value is -1.14. The topological polar surface area (TPSA) is 45.7 Å². The molecule has 0 aliphatic carbocycles. The van der Waals surface area contributed by atoms with Gasteiger partial charge in [0.05, 0.1) is 19.2 Å². The molecule has 0 bridgehead atoms. The summed E-state index contributed by atoms with van der Waals surface area (Å²) in [5.74, 6) is -0.232. The number of carbonyl (C=O) groups is 1. The number of rotatable bonds is 4. The molecule has 1 aromatic rings. The number of nitrogens with zero attached hydrogens (tertiary/aromatic N) is 3. The summed E-state index contributed by atoms with van der Waals surface area (Å²) in [5.41, 5.74) is 0.810. The Morgan fingerprint density at radius 3 is 3.05 bits per heavy atom. The van der Waals surface area contributed by atoms with Gasteiger partial charge in [0.25, 0.3) is 0 Å². The largest absolute Gasteiger partial charge is 0.469 e. The van der Waals surface area contributed by atoms with E-state index in [-0.39, 0.29) is 12.4 Å². The number of carbonyl (C=O) groups excluding carboxylic acids is 1. The summed E-state index contributed by atoms with van der Waals surface area (Å²) in [4.78, 5) is 20.7. The Kier molecular flexibility index (Phi) is 5.37. The molecule has 0 saturated carbocycles. The third kappa shape index (κ3) is 3.70. The van der Waals surface area contributed by atoms with Crippen molar-refractivity contribution in [3.63, 3.8) is 0 Å². The van der Waals surface area contributed by atoms with Gasteiger partial charge in [-0.1, -0.05) is 6.92 Å². The van der Waals surface area contributed by atoms with Gasteiger partial charge in [0, 0.05) is 24.5 Å². The van der Waals surface area contributed by atoms with Crippen molar-refractivity contribution < 1.29 is 9.53 Å². The minimum atomic E-state index is -0.232. The molecule has 0 radical (unpaired) electrons. The van der Waals surface area contributed by atoms with Gasteiger partial charge in [0.1, 0.15) is 0 Å². The minimum Gasteiger partial charge on any atom is -0.469 e. The van der Waals surface area contributed by atoms with Crippen LogP contribution >= 0.6 is 11.3 Å². The molecule has 6 heteroatoms. The van der Waals surface area contributed by atoms with Gasteiger partial charge in [-0.25, -0.2) is 4.98 Å². The molecule has 1 saturated heterocycles. The molecule has 0 N–H and O–H groups in total. The maximum absolute atomic E-state index is 11.3. The van der Waals surface area contributed by atoms with Crippen molar-refractivity contribution in [2.75, 3.05) is 38.7 Å². The quantitative estimate of drug-likeness (QED) is 0.793. The second-order valence-corrected chi connectivity index (χ2v) is 6.08. The molecule has 1 aliphatic rings. The monoisotopic (exact) mass is 297 g/mol. The van der Waals surface area contributed by atoms with Crippen LogP contribution in [0.25, 0.3) is 0 Å². The van der Waals surface area contributed by atoms with Crippen LogP contribution in [-0.2, 0) is 16.0 Å². The SMILES string of the molecule is CCC1CN(C)CCCN1c1nc(CC(=O)OC)cs1. The number of anilines is 1. The molecule has 1 fully saturated rings. The number of hydrogen-bond donors (Lipinski definition) is 0. The summed E-state index contributed by atoms with van der Waals surface area (Å²) < 4.78 is 4.69. The number of ether oxygens (including phenoxy) is 1. The molecule has 5 nitrogen and oxygen atoms in total. The van der Waals surface area contributed by atoms with Gasteiger partial charge in [-0.2, -0.15) is 0 Å². The number of aromatic nitrogens is 1. The maximum Gasteiger partial charge on any atom is 0.311 e. The molecule has 1 atom stereocenters. The lowest BCUT2D eigenvalue weighted by Gasteiger charge is -2.29. The van der Waals surface area contributed by atoms with Crippen molar-refractivity contribution in [3.8, 4) is 0 Å². The minimum absolute atomic E-state index is 0.232. The fourth-order valence-corrected chi connectivity index (χ4v) is 3.50. The molecule has 0 spiro atoms.